The fourth-order valence-electron chi connectivity index (χ4n) is 1.28. The molecule has 0 radical (unpaired) electrons. The molecule has 0 bridgehead atoms. The van der Waals surface area contributed by atoms with Gasteiger partial charge in [0.1, 0.15) is 12.1 Å². The third-order valence-electron chi connectivity index (χ3n) is 1.97. The van der Waals surface area contributed by atoms with Crippen LogP contribution < -0.4 is 4.74 Å². The molecule has 0 amide bonds. The predicted octanol–water partition coefficient (Wildman–Crippen LogP) is 2.75. The quantitative estimate of drug-likeness (QED) is 0.800. The Morgan fingerprint density at radius 3 is 2.12 bits per heavy atom. The summed E-state index contributed by atoms with van der Waals surface area (Å²) < 4.78 is 28.0. The first-order valence-corrected chi connectivity index (χ1v) is 4.56. The average molecular weight is 222 g/mol. The maximum absolute atomic E-state index is 11.9. The summed E-state index contributed by atoms with van der Waals surface area (Å²) in [5.41, 5.74) is 1.67. The van der Waals surface area contributed by atoms with Crippen LogP contribution in [0.4, 0.5) is 8.78 Å². The maximum atomic E-state index is 11.9. The van der Waals surface area contributed by atoms with Gasteiger partial charge in [-0.15, -0.1) is 0 Å². The van der Waals surface area contributed by atoms with Crippen LogP contribution in [0.5, 0.6) is 5.75 Å². The monoisotopic (exact) mass is 222 g/mol. The van der Waals surface area contributed by atoms with Crippen LogP contribution >= 0.6 is 0 Å². The molecule has 1 aromatic heterocycles. The van der Waals surface area contributed by atoms with Crippen molar-refractivity contribution in [2.75, 3.05) is 0 Å². The van der Waals surface area contributed by atoms with Gasteiger partial charge in [0.25, 0.3) is 0 Å². The summed E-state index contributed by atoms with van der Waals surface area (Å²) in [6.07, 6.45) is 4.73. The normalized spacial score (nSPS) is 10.4. The molecule has 2 aromatic rings. The highest BCUT2D eigenvalue weighted by Crippen LogP contribution is 2.21. The molecule has 0 aliphatic heterocycles. The molecule has 0 N–H and O–H groups in total. The summed E-state index contributed by atoms with van der Waals surface area (Å²) in [6, 6.07) is 6.32. The summed E-state index contributed by atoms with van der Waals surface area (Å²) in [4.78, 5) is 7.74. The summed E-state index contributed by atoms with van der Waals surface area (Å²) in [6.45, 7) is -2.80. The van der Waals surface area contributed by atoms with E-state index in [9.17, 15) is 8.78 Å². The van der Waals surface area contributed by atoms with E-state index in [0.29, 0.717) is 0 Å². The van der Waals surface area contributed by atoms with E-state index in [-0.39, 0.29) is 5.75 Å². The lowest BCUT2D eigenvalue weighted by Crippen LogP contribution is -2.01. The van der Waals surface area contributed by atoms with Crippen LogP contribution in [0.2, 0.25) is 0 Å². The lowest BCUT2D eigenvalue weighted by Gasteiger charge is -2.05. The zero-order valence-corrected chi connectivity index (χ0v) is 8.18. The number of nitrogens with zero attached hydrogens (tertiary/aromatic N) is 2. The van der Waals surface area contributed by atoms with Gasteiger partial charge in [0, 0.05) is 18.0 Å². The van der Waals surface area contributed by atoms with Gasteiger partial charge in [-0.3, -0.25) is 0 Å². The lowest BCUT2D eigenvalue weighted by atomic mass is 10.1. The number of rotatable bonds is 3. The lowest BCUT2D eigenvalue weighted by molar-refractivity contribution is -0.0498. The smallest absolute Gasteiger partial charge is 0.387 e. The first-order valence-electron chi connectivity index (χ1n) is 4.56. The Morgan fingerprint density at radius 1 is 0.938 bits per heavy atom. The molecule has 1 aromatic carbocycles. The molecule has 0 saturated heterocycles. The molecule has 0 aliphatic rings. The molecule has 0 atom stereocenters. The molecule has 5 heteroatoms. The molecular formula is C11H8F2N2O. The minimum atomic E-state index is -2.80. The van der Waals surface area contributed by atoms with Crippen LogP contribution in [0, 0.1) is 0 Å². The van der Waals surface area contributed by atoms with E-state index in [2.05, 4.69) is 14.7 Å². The van der Waals surface area contributed by atoms with Crippen molar-refractivity contribution in [2.45, 2.75) is 6.61 Å². The second kappa shape index (κ2) is 4.65. The van der Waals surface area contributed by atoms with E-state index in [1.807, 2.05) is 0 Å². The zero-order chi connectivity index (χ0) is 11.4. The molecule has 0 fully saturated rings. The van der Waals surface area contributed by atoms with E-state index >= 15 is 0 Å². The Morgan fingerprint density at radius 2 is 1.56 bits per heavy atom. The highest BCUT2D eigenvalue weighted by Gasteiger charge is 2.04. The molecule has 3 nitrogen and oxygen atoms in total. The minimum Gasteiger partial charge on any atom is -0.435 e. The fraction of sp³-hybridized carbons (Fsp3) is 0.0909. The molecular weight excluding hydrogens is 214 g/mol. The van der Waals surface area contributed by atoms with Crippen molar-refractivity contribution in [3.05, 3.63) is 43.0 Å². The van der Waals surface area contributed by atoms with Gasteiger partial charge in [-0.05, 0) is 17.7 Å². The van der Waals surface area contributed by atoms with E-state index < -0.39 is 6.61 Å². The third-order valence-corrected chi connectivity index (χ3v) is 1.97. The van der Waals surface area contributed by atoms with E-state index in [1.54, 1.807) is 24.5 Å². The molecule has 0 spiro atoms. The number of ether oxygens (including phenoxy) is 1. The van der Waals surface area contributed by atoms with Crippen LogP contribution in [0.25, 0.3) is 11.1 Å². The minimum absolute atomic E-state index is 0.135. The molecule has 2 rings (SSSR count). The van der Waals surface area contributed by atoms with Gasteiger partial charge in [0.2, 0.25) is 0 Å². The molecule has 0 saturated carbocycles. The second-order valence-corrected chi connectivity index (χ2v) is 3.03. The van der Waals surface area contributed by atoms with Crippen molar-refractivity contribution in [3.63, 3.8) is 0 Å². The summed E-state index contributed by atoms with van der Waals surface area (Å²) >= 11 is 0. The molecule has 16 heavy (non-hydrogen) atoms. The van der Waals surface area contributed by atoms with Crippen molar-refractivity contribution in [1.29, 1.82) is 0 Å². The highest BCUT2D eigenvalue weighted by molar-refractivity contribution is 5.62. The molecule has 1 heterocycles. The average Bonchev–Trinajstić information content (AvgIpc) is 2.30. The Kier molecular flexibility index (Phi) is 3.05. The van der Waals surface area contributed by atoms with Gasteiger partial charge >= 0.3 is 6.61 Å². The van der Waals surface area contributed by atoms with Crippen LogP contribution in [-0.2, 0) is 0 Å². The van der Waals surface area contributed by atoms with Gasteiger partial charge < -0.3 is 4.74 Å². The Labute approximate surface area is 90.7 Å². The predicted molar refractivity (Wildman–Crippen MR) is 54.1 cm³/mol. The summed E-state index contributed by atoms with van der Waals surface area (Å²) in [7, 11) is 0. The van der Waals surface area contributed by atoms with E-state index in [0.717, 1.165) is 11.1 Å². The zero-order valence-electron chi connectivity index (χ0n) is 8.18. The number of benzene rings is 1. The fourth-order valence-corrected chi connectivity index (χ4v) is 1.28. The number of halogens is 2. The van der Waals surface area contributed by atoms with Crippen LogP contribution in [-0.4, -0.2) is 16.6 Å². The number of hydrogen-bond donors (Lipinski definition) is 0. The van der Waals surface area contributed by atoms with Crippen LogP contribution in [0.15, 0.2) is 43.0 Å². The van der Waals surface area contributed by atoms with Crippen molar-refractivity contribution in [1.82, 2.24) is 9.97 Å². The van der Waals surface area contributed by atoms with E-state index in [4.69, 9.17) is 0 Å². The SMILES string of the molecule is FC(F)Oc1ccc(-c2cncnc2)cc1. The highest BCUT2D eigenvalue weighted by atomic mass is 19.3. The Hall–Kier alpha value is -2.04. The molecule has 82 valence electrons. The molecule has 0 aliphatic carbocycles. The van der Waals surface area contributed by atoms with Crippen molar-refractivity contribution >= 4 is 0 Å². The topological polar surface area (TPSA) is 35.0 Å². The van der Waals surface area contributed by atoms with Gasteiger partial charge in [-0.25, -0.2) is 9.97 Å². The van der Waals surface area contributed by atoms with Gasteiger partial charge in [-0.2, -0.15) is 8.78 Å². The van der Waals surface area contributed by atoms with E-state index in [1.165, 1.54) is 18.5 Å². The number of aromatic nitrogens is 2. The summed E-state index contributed by atoms with van der Waals surface area (Å²) in [5, 5.41) is 0. The van der Waals surface area contributed by atoms with Gasteiger partial charge in [0.15, 0.2) is 0 Å². The van der Waals surface area contributed by atoms with Crippen molar-refractivity contribution < 1.29 is 13.5 Å². The van der Waals surface area contributed by atoms with Gasteiger partial charge in [0.05, 0.1) is 0 Å². The Balaban J connectivity index is 2.20. The number of hydrogen-bond acceptors (Lipinski definition) is 3. The maximum Gasteiger partial charge on any atom is 0.387 e. The molecule has 0 unspecified atom stereocenters. The Bertz CT molecular complexity index is 445. The first kappa shape index (κ1) is 10.5. The van der Waals surface area contributed by atoms with Crippen LogP contribution in [0.3, 0.4) is 0 Å². The van der Waals surface area contributed by atoms with Crippen molar-refractivity contribution in [2.24, 2.45) is 0 Å². The summed E-state index contributed by atoms with van der Waals surface area (Å²) in [5.74, 6) is 0.135. The standard InChI is InChI=1S/C11H8F2N2O/c12-11(13)16-10-3-1-8(2-4-10)9-5-14-7-15-6-9/h1-7,11H. The number of alkyl halides is 2. The van der Waals surface area contributed by atoms with Crippen molar-refractivity contribution in [3.8, 4) is 16.9 Å². The third kappa shape index (κ3) is 2.50. The first-order chi connectivity index (χ1) is 7.75. The van der Waals surface area contributed by atoms with Gasteiger partial charge in [-0.1, -0.05) is 12.1 Å². The van der Waals surface area contributed by atoms with Crippen LogP contribution in [0.1, 0.15) is 0 Å². The second-order valence-electron chi connectivity index (χ2n) is 3.03. The largest absolute Gasteiger partial charge is 0.435 e.